The van der Waals surface area contributed by atoms with E-state index in [1.54, 1.807) is 6.92 Å². The highest BCUT2D eigenvalue weighted by atomic mass is 16.4. The van der Waals surface area contributed by atoms with Crippen LogP contribution in [0.25, 0.3) is 0 Å². The summed E-state index contributed by atoms with van der Waals surface area (Å²) in [5.41, 5.74) is 2.95. The molecule has 1 N–H and O–H groups in total. The maximum Gasteiger partial charge on any atom is 0.326 e. The van der Waals surface area contributed by atoms with Gasteiger partial charge in [-0.15, -0.1) is 0 Å². The topological polar surface area (TPSA) is 57.6 Å². The molecule has 1 aliphatic heterocycles. The Bertz CT molecular complexity index is 510. The summed E-state index contributed by atoms with van der Waals surface area (Å²) in [7, 11) is 0. The fraction of sp³-hybridized carbons (Fsp3) is 0.467. The minimum atomic E-state index is -0.966. The molecule has 1 aliphatic rings. The molecule has 0 spiro atoms. The highest BCUT2D eigenvalue weighted by Crippen LogP contribution is 2.32. The zero-order valence-electron chi connectivity index (χ0n) is 11.3. The molecule has 0 aliphatic carbocycles. The third-order valence-electron chi connectivity index (χ3n) is 3.68. The summed E-state index contributed by atoms with van der Waals surface area (Å²) in [5, 5.41) is 9.24. The summed E-state index contributed by atoms with van der Waals surface area (Å²) in [5.74, 6) is -1.05. The summed E-state index contributed by atoms with van der Waals surface area (Å²) in [6.45, 7) is 3.59. The van der Waals surface area contributed by atoms with Gasteiger partial charge in [0.25, 0.3) is 0 Å². The summed E-state index contributed by atoms with van der Waals surface area (Å²) < 4.78 is 0. The van der Waals surface area contributed by atoms with E-state index in [-0.39, 0.29) is 5.91 Å². The molecule has 0 bridgehead atoms. The van der Waals surface area contributed by atoms with Crippen LogP contribution in [0.5, 0.6) is 0 Å². The number of carboxylic acids is 1. The Balaban J connectivity index is 2.59. The van der Waals surface area contributed by atoms with Crippen molar-refractivity contribution in [3.05, 3.63) is 29.3 Å². The number of amides is 1. The van der Waals surface area contributed by atoms with Crippen LogP contribution in [0.4, 0.5) is 5.69 Å². The van der Waals surface area contributed by atoms with Crippen molar-refractivity contribution in [1.82, 2.24) is 0 Å². The Hall–Kier alpha value is -1.84. The van der Waals surface area contributed by atoms with Gasteiger partial charge in [-0.25, -0.2) is 4.79 Å². The molecule has 102 valence electrons. The number of hydrogen-bond donors (Lipinski definition) is 1. The van der Waals surface area contributed by atoms with Crippen LogP contribution in [-0.2, 0) is 22.4 Å². The van der Waals surface area contributed by atoms with E-state index in [9.17, 15) is 14.7 Å². The molecular formula is C15H19NO3. The minimum absolute atomic E-state index is 0.0884. The monoisotopic (exact) mass is 261 g/mol. The van der Waals surface area contributed by atoms with E-state index >= 15 is 0 Å². The standard InChI is InChI=1S/C15H19NO3/c1-3-11-6-4-7-12-8-5-9-13(17)16(14(11)12)10(2)15(18)19/h4,6-7,10H,3,5,8-9H2,1-2H3,(H,18,19). The van der Waals surface area contributed by atoms with E-state index in [4.69, 9.17) is 0 Å². The molecule has 0 aromatic heterocycles. The lowest BCUT2D eigenvalue weighted by Gasteiger charge is -2.29. The predicted octanol–water partition coefficient (Wildman–Crippen LogP) is 2.39. The molecule has 4 heteroatoms. The second-order valence-electron chi connectivity index (χ2n) is 4.91. The van der Waals surface area contributed by atoms with Gasteiger partial charge in [0.1, 0.15) is 6.04 Å². The zero-order valence-corrected chi connectivity index (χ0v) is 11.3. The number of aliphatic carboxylic acids is 1. The largest absolute Gasteiger partial charge is 0.480 e. The first-order chi connectivity index (χ1) is 9.06. The first kappa shape index (κ1) is 13.6. The van der Waals surface area contributed by atoms with Gasteiger partial charge in [-0.05, 0) is 37.3 Å². The van der Waals surface area contributed by atoms with Gasteiger partial charge in [-0.1, -0.05) is 25.1 Å². The maximum absolute atomic E-state index is 12.3. The molecule has 4 nitrogen and oxygen atoms in total. The second kappa shape index (κ2) is 5.43. The molecule has 1 unspecified atom stereocenters. The lowest BCUT2D eigenvalue weighted by molar-refractivity contribution is -0.139. The fourth-order valence-electron chi connectivity index (χ4n) is 2.64. The van der Waals surface area contributed by atoms with E-state index in [2.05, 4.69) is 0 Å². The number of benzene rings is 1. The van der Waals surface area contributed by atoms with Crippen LogP contribution in [0.15, 0.2) is 18.2 Å². The number of fused-ring (bicyclic) bond motifs is 1. The summed E-state index contributed by atoms with van der Waals surface area (Å²) >= 11 is 0. The number of nitrogens with zero attached hydrogens (tertiary/aromatic N) is 1. The molecule has 1 aromatic carbocycles. The van der Waals surface area contributed by atoms with Crippen molar-refractivity contribution in [3.8, 4) is 0 Å². The Kier molecular flexibility index (Phi) is 3.88. The second-order valence-corrected chi connectivity index (χ2v) is 4.91. The van der Waals surface area contributed by atoms with E-state index in [1.807, 2.05) is 25.1 Å². The van der Waals surface area contributed by atoms with E-state index < -0.39 is 12.0 Å². The van der Waals surface area contributed by atoms with Crippen LogP contribution in [0.2, 0.25) is 0 Å². The third-order valence-corrected chi connectivity index (χ3v) is 3.68. The first-order valence-electron chi connectivity index (χ1n) is 6.72. The van der Waals surface area contributed by atoms with Crippen molar-refractivity contribution in [3.63, 3.8) is 0 Å². The van der Waals surface area contributed by atoms with Crippen LogP contribution in [-0.4, -0.2) is 23.0 Å². The molecule has 0 saturated heterocycles. The fourth-order valence-corrected chi connectivity index (χ4v) is 2.64. The lowest BCUT2D eigenvalue weighted by Crippen LogP contribution is -2.43. The predicted molar refractivity (Wildman–Crippen MR) is 73.3 cm³/mol. The van der Waals surface area contributed by atoms with Gasteiger partial charge < -0.3 is 5.11 Å². The van der Waals surface area contributed by atoms with Gasteiger partial charge in [0.15, 0.2) is 0 Å². The number of para-hydroxylation sites is 1. The maximum atomic E-state index is 12.3. The number of rotatable bonds is 3. The summed E-state index contributed by atoms with van der Waals surface area (Å²) in [4.78, 5) is 25.0. The Labute approximate surface area is 113 Å². The molecule has 1 aromatic rings. The van der Waals surface area contributed by atoms with Crippen molar-refractivity contribution in [2.75, 3.05) is 4.90 Å². The van der Waals surface area contributed by atoms with Crippen molar-refractivity contribution in [2.24, 2.45) is 0 Å². The van der Waals surface area contributed by atoms with Crippen molar-refractivity contribution >= 4 is 17.6 Å². The highest BCUT2D eigenvalue weighted by molar-refractivity contribution is 6.00. The number of carbonyl (C=O) groups is 2. The van der Waals surface area contributed by atoms with Gasteiger partial charge >= 0.3 is 5.97 Å². The summed E-state index contributed by atoms with van der Waals surface area (Å²) in [6, 6.07) is 5.13. The van der Waals surface area contributed by atoms with Gasteiger partial charge in [0, 0.05) is 6.42 Å². The molecule has 2 rings (SSSR count). The minimum Gasteiger partial charge on any atom is -0.480 e. The van der Waals surface area contributed by atoms with Crippen LogP contribution in [0.3, 0.4) is 0 Å². The lowest BCUT2D eigenvalue weighted by atomic mass is 10.0. The van der Waals surface area contributed by atoms with Crippen LogP contribution in [0.1, 0.15) is 37.8 Å². The molecular weight excluding hydrogens is 242 g/mol. The Morgan fingerprint density at radius 1 is 1.42 bits per heavy atom. The highest BCUT2D eigenvalue weighted by Gasteiger charge is 2.31. The average Bonchev–Trinajstić information content (AvgIpc) is 2.55. The molecule has 1 atom stereocenters. The van der Waals surface area contributed by atoms with Crippen molar-refractivity contribution in [1.29, 1.82) is 0 Å². The SMILES string of the molecule is CCc1cccc2c1N(C(C)C(=O)O)C(=O)CCC2. The van der Waals surface area contributed by atoms with Crippen LogP contribution in [0, 0.1) is 0 Å². The Morgan fingerprint density at radius 3 is 2.79 bits per heavy atom. The number of aryl methyl sites for hydroxylation is 2. The number of carbonyl (C=O) groups excluding carboxylic acids is 1. The average molecular weight is 261 g/mol. The first-order valence-corrected chi connectivity index (χ1v) is 6.72. The number of carboxylic acid groups (broad SMARTS) is 1. The quantitative estimate of drug-likeness (QED) is 0.909. The van der Waals surface area contributed by atoms with Gasteiger partial charge in [-0.3, -0.25) is 9.69 Å². The van der Waals surface area contributed by atoms with Gasteiger partial charge in [0.05, 0.1) is 5.69 Å². The Morgan fingerprint density at radius 2 is 2.16 bits per heavy atom. The van der Waals surface area contributed by atoms with Crippen molar-refractivity contribution in [2.45, 2.75) is 45.6 Å². The molecule has 19 heavy (non-hydrogen) atoms. The molecule has 1 heterocycles. The van der Waals surface area contributed by atoms with Gasteiger partial charge in [0.2, 0.25) is 5.91 Å². The van der Waals surface area contributed by atoms with Crippen LogP contribution < -0.4 is 4.90 Å². The number of hydrogen-bond acceptors (Lipinski definition) is 2. The zero-order chi connectivity index (χ0) is 14.0. The third kappa shape index (κ3) is 2.48. The smallest absolute Gasteiger partial charge is 0.326 e. The number of anilines is 1. The van der Waals surface area contributed by atoms with Gasteiger partial charge in [-0.2, -0.15) is 0 Å². The molecule has 1 amide bonds. The summed E-state index contributed by atoms with van der Waals surface area (Å²) in [6.07, 6.45) is 2.81. The normalized spacial score (nSPS) is 16.7. The molecule has 0 saturated carbocycles. The molecule has 0 fully saturated rings. The van der Waals surface area contributed by atoms with E-state index in [0.29, 0.717) is 6.42 Å². The van der Waals surface area contributed by atoms with E-state index in [0.717, 1.165) is 36.1 Å². The molecule has 0 radical (unpaired) electrons. The van der Waals surface area contributed by atoms with E-state index in [1.165, 1.54) is 4.90 Å². The van der Waals surface area contributed by atoms with Crippen molar-refractivity contribution < 1.29 is 14.7 Å². The van der Waals surface area contributed by atoms with Crippen LogP contribution >= 0.6 is 0 Å².